The van der Waals surface area contributed by atoms with E-state index in [1.54, 1.807) is 6.92 Å². The third kappa shape index (κ3) is 5.06. The molecule has 2 rings (SSSR count). The lowest BCUT2D eigenvalue weighted by Gasteiger charge is -2.28. The van der Waals surface area contributed by atoms with Crippen molar-refractivity contribution in [3.05, 3.63) is 47.3 Å². The van der Waals surface area contributed by atoms with Crippen molar-refractivity contribution in [2.75, 3.05) is 18.6 Å². The third-order valence-electron chi connectivity index (χ3n) is 4.49. The molecular weight excluding hydrogens is 338 g/mol. The molecule has 1 heterocycles. The van der Waals surface area contributed by atoms with Gasteiger partial charge >= 0.3 is 5.97 Å². The number of carbonyl (C=O) groups excluding carboxylic acids is 1. The van der Waals surface area contributed by atoms with Crippen molar-refractivity contribution in [1.82, 2.24) is 9.97 Å². The molecule has 0 spiro atoms. The van der Waals surface area contributed by atoms with E-state index in [1.807, 2.05) is 11.9 Å². The summed E-state index contributed by atoms with van der Waals surface area (Å²) < 4.78 is 4.99. The van der Waals surface area contributed by atoms with Crippen LogP contribution < -0.4 is 4.90 Å². The Balaban J connectivity index is 2.43. The Morgan fingerprint density at radius 1 is 0.963 bits per heavy atom. The molecule has 27 heavy (non-hydrogen) atoms. The SMILES string of the molecule is CCOC(=O)c1cnc(N(C)c2cc(C(C)(C)C)cc(C(C)(C)C)c2)nc1. The lowest BCUT2D eigenvalue weighted by atomic mass is 9.80. The topological polar surface area (TPSA) is 55.3 Å². The lowest BCUT2D eigenvalue weighted by Crippen LogP contribution is -2.20. The van der Waals surface area contributed by atoms with Crippen molar-refractivity contribution in [3.63, 3.8) is 0 Å². The zero-order valence-corrected chi connectivity index (χ0v) is 17.8. The molecule has 1 aromatic carbocycles. The fourth-order valence-electron chi connectivity index (χ4n) is 2.60. The fraction of sp³-hybridized carbons (Fsp3) is 0.500. The van der Waals surface area contributed by atoms with Crippen molar-refractivity contribution >= 4 is 17.6 Å². The zero-order valence-electron chi connectivity index (χ0n) is 17.8. The van der Waals surface area contributed by atoms with E-state index in [0.717, 1.165) is 5.69 Å². The molecule has 146 valence electrons. The van der Waals surface area contributed by atoms with E-state index < -0.39 is 5.97 Å². The number of carbonyl (C=O) groups is 1. The Kier molecular flexibility index (Phi) is 5.93. The van der Waals surface area contributed by atoms with Crippen LogP contribution in [-0.2, 0) is 15.6 Å². The Hall–Kier alpha value is -2.43. The summed E-state index contributed by atoms with van der Waals surface area (Å²) in [4.78, 5) is 22.4. The Labute approximate surface area is 162 Å². The number of hydrogen-bond acceptors (Lipinski definition) is 5. The van der Waals surface area contributed by atoms with E-state index in [2.05, 4.69) is 69.7 Å². The number of rotatable bonds is 4. The van der Waals surface area contributed by atoms with E-state index in [9.17, 15) is 4.79 Å². The molecule has 0 fully saturated rings. The molecule has 5 nitrogen and oxygen atoms in total. The number of esters is 1. The molecule has 0 aliphatic carbocycles. The van der Waals surface area contributed by atoms with Gasteiger partial charge in [-0.25, -0.2) is 14.8 Å². The summed E-state index contributed by atoms with van der Waals surface area (Å²) in [7, 11) is 1.94. The van der Waals surface area contributed by atoms with Crippen molar-refractivity contribution in [3.8, 4) is 0 Å². The minimum Gasteiger partial charge on any atom is -0.462 e. The van der Waals surface area contributed by atoms with Crippen molar-refractivity contribution in [1.29, 1.82) is 0 Å². The van der Waals surface area contributed by atoms with Gasteiger partial charge in [-0.15, -0.1) is 0 Å². The van der Waals surface area contributed by atoms with Crippen LogP contribution >= 0.6 is 0 Å². The highest BCUT2D eigenvalue weighted by molar-refractivity contribution is 5.88. The third-order valence-corrected chi connectivity index (χ3v) is 4.49. The van der Waals surface area contributed by atoms with Crippen molar-refractivity contribution in [2.45, 2.75) is 59.3 Å². The number of nitrogens with zero attached hydrogens (tertiary/aromatic N) is 3. The van der Waals surface area contributed by atoms with Gasteiger partial charge in [0.1, 0.15) is 0 Å². The van der Waals surface area contributed by atoms with E-state index in [0.29, 0.717) is 18.1 Å². The van der Waals surface area contributed by atoms with Gasteiger partial charge in [-0.2, -0.15) is 0 Å². The summed E-state index contributed by atoms with van der Waals surface area (Å²) in [5, 5.41) is 0. The van der Waals surface area contributed by atoms with Gasteiger partial charge in [0.25, 0.3) is 0 Å². The van der Waals surface area contributed by atoms with Crippen LogP contribution in [0.15, 0.2) is 30.6 Å². The average Bonchev–Trinajstić information content (AvgIpc) is 2.59. The largest absolute Gasteiger partial charge is 0.462 e. The van der Waals surface area contributed by atoms with Crippen LogP contribution in [0, 0.1) is 0 Å². The first-order valence-electron chi connectivity index (χ1n) is 9.32. The molecule has 0 atom stereocenters. The maximum Gasteiger partial charge on any atom is 0.341 e. The highest BCUT2D eigenvalue weighted by Crippen LogP contribution is 2.34. The van der Waals surface area contributed by atoms with E-state index >= 15 is 0 Å². The van der Waals surface area contributed by atoms with Gasteiger partial charge in [-0.05, 0) is 41.0 Å². The number of ether oxygens (including phenoxy) is 1. The summed E-state index contributed by atoms with van der Waals surface area (Å²) in [5.41, 5.74) is 3.97. The summed E-state index contributed by atoms with van der Waals surface area (Å²) in [5.74, 6) is 0.130. The van der Waals surface area contributed by atoms with Crippen LogP contribution in [0.5, 0.6) is 0 Å². The minimum atomic E-state index is -0.406. The fourth-order valence-corrected chi connectivity index (χ4v) is 2.60. The zero-order chi connectivity index (χ0) is 20.4. The van der Waals surface area contributed by atoms with Crippen LogP contribution in [-0.4, -0.2) is 29.6 Å². The lowest BCUT2D eigenvalue weighted by molar-refractivity contribution is 0.0525. The maximum absolute atomic E-state index is 11.8. The molecule has 0 aliphatic rings. The van der Waals surface area contributed by atoms with Crippen LogP contribution in [0.1, 0.15) is 70.0 Å². The van der Waals surface area contributed by atoms with Crippen LogP contribution in [0.2, 0.25) is 0 Å². The average molecular weight is 370 g/mol. The predicted octanol–water partition coefficient (Wildman–Crippen LogP) is 5.02. The van der Waals surface area contributed by atoms with Crippen molar-refractivity contribution in [2.24, 2.45) is 0 Å². The molecule has 0 saturated heterocycles. The smallest absolute Gasteiger partial charge is 0.341 e. The van der Waals surface area contributed by atoms with Gasteiger partial charge in [0.15, 0.2) is 0 Å². The summed E-state index contributed by atoms with van der Waals surface area (Å²) >= 11 is 0. The van der Waals surface area contributed by atoms with Gasteiger partial charge in [0.05, 0.1) is 12.2 Å². The summed E-state index contributed by atoms with van der Waals surface area (Å²) in [6.45, 7) is 15.4. The number of hydrogen-bond donors (Lipinski definition) is 0. The molecule has 0 aliphatic heterocycles. The quantitative estimate of drug-likeness (QED) is 0.709. The molecule has 0 N–H and O–H groups in total. The second-order valence-electron chi connectivity index (χ2n) is 8.82. The Bertz CT molecular complexity index is 768. The monoisotopic (exact) mass is 369 g/mol. The molecule has 0 unspecified atom stereocenters. The number of aromatic nitrogens is 2. The maximum atomic E-state index is 11.8. The first kappa shape index (κ1) is 20.9. The molecule has 0 amide bonds. The second-order valence-corrected chi connectivity index (χ2v) is 8.82. The molecule has 0 bridgehead atoms. The molecular formula is C22H31N3O2. The Morgan fingerprint density at radius 2 is 1.44 bits per heavy atom. The van der Waals surface area contributed by atoms with Crippen LogP contribution in [0.4, 0.5) is 11.6 Å². The summed E-state index contributed by atoms with van der Waals surface area (Å²) in [6.07, 6.45) is 3.02. The highest BCUT2D eigenvalue weighted by atomic mass is 16.5. The van der Waals surface area contributed by atoms with E-state index in [1.165, 1.54) is 23.5 Å². The van der Waals surface area contributed by atoms with E-state index in [4.69, 9.17) is 4.74 Å². The molecule has 5 heteroatoms. The van der Waals surface area contributed by atoms with Gasteiger partial charge in [0, 0.05) is 25.1 Å². The number of benzene rings is 1. The minimum absolute atomic E-state index is 0.0332. The van der Waals surface area contributed by atoms with Gasteiger partial charge in [-0.3, -0.25) is 0 Å². The molecule has 2 aromatic rings. The molecule has 0 radical (unpaired) electrons. The first-order valence-corrected chi connectivity index (χ1v) is 9.32. The number of anilines is 2. The summed E-state index contributed by atoms with van der Waals surface area (Å²) in [6, 6.07) is 6.64. The Morgan fingerprint density at radius 3 is 1.85 bits per heavy atom. The molecule has 1 aromatic heterocycles. The van der Waals surface area contributed by atoms with Gasteiger partial charge in [0.2, 0.25) is 5.95 Å². The van der Waals surface area contributed by atoms with Gasteiger partial charge < -0.3 is 9.64 Å². The molecule has 0 saturated carbocycles. The highest BCUT2D eigenvalue weighted by Gasteiger charge is 2.22. The second kappa shape index (κ2) is 7.67. The standard InChI is InChI=1S/C22H31N3O2/c1-9-27-19(26)15-13-23-20(24-14-15)25(8)18-11-16(21(2,3)4)10-17(12-18)22(5,6)7/h10-14H,9H2,1-8H3. The van der Waals surface area contributed by atoms with Crippen LogP contribution in [0.3, 0.4) is 0 Å². The predicted molar refractivity (Wildman–Crippen MR) is 110 cm³/mol. The normalized spacial score (nSPS) is 12.0. The van der Waals surface area contributed by atoms with E-state index in [-0.39, 0.29) is 10.8 Å². The first-order chi connectivity index (χ1) is 12.4. The van der Waals surface area contributed by atoms with Gasteiger partial charge in [-0.1, -0.05) is 47.6 Å². The van der Waals surface area contributed by atoms with Crippen molar-refractivity contribution < 1.29 is 9.53 Å². The van der Waals surface area contributed by atoms with Crippen LogP contribution in [0.25, 0.3) is 0 Å².